The maximum atomic E-state index is 11.2. The SMILES string of the molecule is C=CC(=O)OC(C)COc1nc(OCC(C)OC(=O)C=C)nc(OC(O)CC)n1. The molecule has 1 heterocycles. The number of nitrogens with zero attached hydrogens (tertiary/aromatic N) is 3. The third-order valence-corrected chi connectivity index (χ3v) is 3.03. The number of aromatic nitrogens is 3. The minimum atomic E-state index is -1.14. The van der Waals surface area contributed by atoms with Crippen LogP contribution in [0.1, 0.15) is 27.2 Å². The van der Waals surface area contributed by atoms with Crippen molar-refractivity contribution in [3.8, 4) is 18.0 Å². The third-order valence-electron chi connectivity index (χ3n) is 3.03. The Kier molecular flexibility index (Phi) is 10.1. The number of aliphatic hydroxyl groups is 1. The Labute approximate surface area is 168 Å². The molecule has 11 heteroatoms. The Balaban J connectivity index is 2.83. The van der Waals surface area contributed by atoms with E-state index >= 15 is 0 Å². The van der Waals surface area contributed by atoms with Crippen LogP contribution in [-0.2, 0) is 19.1 Å². The smallest absolute Gasteiger partial charge is 0.330 e. The van der Waals surface area contributed by atoms with Gasteiger partial charge in [-0.15, -0.1) is 15.0 Å². The summed E-state index contributed by atoms with van der Waals surface area (Å²) in [6.45, 7) is 11.4. The molecule has 160 valence electrons. The lowest BCUT2D eigenvalue weighted by Gasteiger charge is -2.15. The summed E-state index contributed by atoms with van der Waals surface area (Å²) in [5, 5.41) is 9.64. The first-order chi connectivity index (χ1) is 13.8. The van der Waals surface area contributed by atoms with Crippen molar-refractivity contribution in [1.29, 1.82) is 0 Å². The monoisotopic (exact) mass is 411 g/mol. The first-order valence-corrected chi connectivity index (χ1v) is 8.79. The van der Waals surface area contributed by atoms with Gasteiger partial charge in [0.15, 0.2) is 0 Å². The van der Waals surface area contributed by atoms with Crippen molar-refractivity contribution in [3.63, 3.8) is 0 Å². The molecule has 3 atom stereocenters. The number of carbonyl (C=O) groups excluding carboxylic acids is 2. The van der Waals surface area contributed by atoms with Gasteiger partial charge >= 0.3 is 30.0 Å². The zero-order chi connectivity index (χ0) is 21.8. The Hall–Kier alpha value is -3.21. The minimum absolute atomic E-state index is 0.0633. The molecule has 0 fully saturated rings. The summed E-state index contributed by atoms with van der Waals surface area (Å²) in [4.78, 5) is 34.2. The molecule has 0 bridgehead atoms. The summed E-state index contributed by atoms with van der Waals surface area (Å²) >= 11 is 0. The molecule has 0 saturated heterocycles. The van der Waals surface area contributed by atoms with Crippen LogP contribution >= 0.6 is 0 Å². The highest BCUT2D eigenvalue weighted by Gasteiger charge is 2.16. The van der Waals surface area contributed by atoms with E-state index in [0.717, 1.165) is 12.2 Å². The summed E-state index contributed by atoms with van der Waals surface area (Å²) in [6, 6.07) is -0.582. The van der Waals surface area contributed by atoms with Crippen LogP contribution in [-0.4, -0.2) is 63.7 Å². The largest absolute Gasteiger partial charge is 0.459 e. The van der Waals surface area contributed by atoms with E-state index in [1.54, 1.807) is 20.8 Å². The highest BCUT2D eigenvalue weighted by Crippen LogP contribution is 2.17. The van der Waals surface area contributed by atoms with E-state index in [0.29, 0.717) is 6.42 Å². The molecule has 29 heavy (non-hydrogen) atoms. The normalized spacial score (nSPS) is 13.4. The topological polar surface area (TPSA) is 139 Å². The van der Waals surface area contributed by atoms with Crippen molar-refractivity contribution in [2.75, 3.05) is 13.2 Å². The van der Waals surface area contributed by atoms with Gasteiger partial charge in [0, 0.05) is 18.6 Å². The molecule has 0 aliphatic heterocycles. The van der Waals surface area contributed by atoms with Crippen molar-refractivity contribution in [1.82, 2.24) is 15.0 Å². The fourth-order valence-electron chi connectivity index (χ4n) is 1.65. The standard InChI is InChI=1S/C18H25N3O8/c1-6-13(22)27-11(4)9-25-16-19-17(21-18(20-16)29-15(24)8-3)26-10-12(5)28-14(23)7-2/h6-7,11-12,15,24H,1-2,8-10H2,3-5H3. The van der Waals surface area contributed by atoms with E-state index in [9.17, 15) is 14.7 Å². The average molecular weight is 411 g/mol. The Morgan fingerprint density at radius 1 is 0.931 bits per heavy atom. The number of hydrogen-bond acceptors (Lipinski definition) is 11. The molecule has 0 saturated carbocycles. The van der Waals surface area contributed by atoms with Gasteiger partial charge in [0.2, 0.25) is 6.29 Å². The van der Waals surface area contributed by atoms with Crippen molar-refractivity contribution in [2.45, 2.75) is 45.7 Å². The van der Waals surface area contributed by atoms with Crippen LogP contribution in [0.25, 0.3) is 0 Å². The number of esters is 2. The number of ether oxygens (including phenoxy) is 5. The van der Waals surface area contributed by atoms with Crippen molar-refractivity contribution >= 4 is 11.9 Å². The van der Waals surface area contributed by atoms with Crippen molar-refractivity contribution < 1.29 is 38.4 Å². The lowest BCUT2D eigenvalue weighted by Crippen LogP contribution is -2.23. The number of rotatable bonds is 13. The van der Waals surface area contributed by atoms with Crippen molar-refractivity contribution in [3.05, 3.63) is 25.3 Å². The lowest BCUT2D eigenvalue weighted by atomic mass is 10.4. The summed E-state index contributed by atoms with van der Waals surface area (Å²) < 4.78 is 25.9. The van der Waals surface area contributed by atoms with Crippen LogP contribution < -0.4 is 14.2 Å². The van der Waals surface area contributed by atoms with E-state index in [4.69, 9.17) is 23.7 Å². The molecular formula is C18H25N3O8. The fraction of sp³-hybridized carbons (Fsp3) is 0.500. The van der Waals surface area contributed by atoms with Gasteiger partial charge in [-0.25, -0.2) is 9.59 Å². The van der Waals surface area contributed by atoms with Gasteiger partial charge in [-0.1, -0.05) is 20.1 Å². The number of hydrogen-bond donors (Lipinski definition) is 1. The molecule has 0 aliphatic rings. The maximum absolute atomic E-state index is 11.2. The van der Waals surface area contributed by atoms with Crippen molar-refractivity contribution in [2.24, 2.45) is 0 Å². The molecule has 1 N–H and O–H groups in total. The summed E-state index contributed by atoms with van der Waals surface area (Å²) in [5.74, 6) is -1.20. The van der Waals surface area contributed by atoms with Gasteiger partial charge in [0.25, 0.3) is 0 Å². The van der Waals surface area contributed by atoms with Crippen LogP contribution in [0.3, 0.4) is 0 Å². The number of carbonyl (C=O) groups is 2. The second-order valence-electron chi connectivity index (χ2n) is 5.69. The van der Waals surface area contributed by atoms with Crippen LogP contribution in [0.5, 0.6) is 18.0 Å². The van der Waals surface area contributed by atoms with Gasteiger partial charge in [0.1, 0.15) is 25.4 Å². The first-order valence-electron chi connectivity index (χ1n) is 8.79. The van der Waals surface area contributed by atoms with Gasteiger partial charge in [0.05, 0.1) is 0 Å². The van der Waals surface area contributed by atoms with Crippen LogP contribution in [0.4, 0.5) is 0 Å². The quantitative estimate of drug-likeness (QED) is 0.282. The van der Waals surface area contributed by atoms with E-state index in [-0.39, 0.29) is 31.2 Å². The van der Waals surface area contributed by atoms with E-state index in [2.05, 4.69) is 28.1 Å². The molecule has 1 aromatic heterocycles. The van der Waals surface area contributed by atoms with Gasteiger partial charge in [-0.3, -0.25) is 0 Å². The molecule has 0 aliphatic carbocycles. The van der Waals surface area contributed by atoms with E-state index < -0.39 is 30.4 Å². The Morgan fingerprint density at radius 3 is 1.72 bits per heavy atom. The zero-order valence-electron chi connectivity index (χ0n) is 16.6. The minimum Gasteiger partial charge on any atom is -0.459 e. The molecule has 0 amide bonds. The van der Waals surface area contributed by atoms with Gasteiger partial charge in [-0.2, -0.15) is 0 Å². The van der Waals surface area contributed by atoms with E-state index in [1.165, 1.54) is 0 Å². The molecular weight excluding hydrogens is 386 g/mol. The molecule has 3 unspecified atom stereocenters. The predicted molar refractivity (Wildman–Crippen MR) is 99.2 cm³/mol. The summed E-state index contributed by atoms with van der Waals surface area (Å²) in [7, 11) is 0. The van der Waals surface area contributed by atoms with Crippen LogP contribution in [0.15, 0.2) is 25.3 Å². The summed E-state index contributed by atoms with van der Waals surface area (Å²) in [5.41, 5.74) is 0. The van der Waals surface area contributed by atoms with Gasteiger partial charge in [-0.05, 0) is 13.8 Å². The molecule has 0 radical (unpaired) electrons. The maximum Gasteiger partial charge on any atom is 0.330 e. The predicted octanol–water partition coefficient (Wildman–Crippen LogP) is 0.972. The zero-order valence-corrected chi connectivity index (χ0v) is 16.6. The molecule has 1 rings (SSSR count). The Bertz CT molecular complexity index is 662. The molecule has 0 spiro atoms. The van der Waals surface area contributed by atoms with Gasteiger partial charge < -0.3 is 28.8 Å². The first kappa shape index (κ1) is 23.8. The highest BCUT2D eigenvalue weighted by molar-refractivity contribution is 5.81. The molecule has 0 aromatic carbocycles. The highest BCUT2D eigenvalue weighted by atomic mass is 16.6. The second kappa shape index (κ2) is 12.3. The lowest BCUT2D eigenvalue weighted by molar-refractivity contribution is -0.144. The molecule has 1 aromatic rings. The van der Waals surface area contributed by atoms with Crippen LogP contribution in [0, 0.1) is 0 Å². The second-order valence-corrected chi connectivity index (χ2v) is 5.69. The third kappa shape index (κ3) is 9.51. The average Bonchev–Trinajstić information content (AvgIpc) is 2.70. The number of aliphatic hydroxyl groups excluding tert-OH is 1. The van der Waals surface area contributed by atoms with Crippen LogP contribution in [0.2, 0.25) is 0 Å². The summed E-state index contributed by atoms with van der Waals surface area (Å²) in [6.07, 6.45) is 0.00331. The Morgan fingerprint density at radius 2 is 1.34 bits per heavy atom. The van der Waals surface area contributed by atoms with E-state index in [1.807, 2.05) is 0 Å². The molecule has 11 nitrogen and oxygen atoms in total. The fourth-order valence-corrected chi connectivity index (χ4v) is 1.65.